The zero-order valence-electron chi connectivity index (χ0n) is 9.73. The standard InChI is InChI=1S/C12H10FNO4/c1-17-10-5-9(12(15)16)14-8-4-7(13)11(18-2)3-6(8)10/h3-5H,1-2H3,(H,15,16). The summed E-state index contributed by atoms with van der Waals surface area (Å²) in [5.74, 6) is -1.46. The number of ether oxygens (including phenoxy) is 2. The lowest BCUT2D eigenvalue weighted by atomic mass is 10.1. The summed E-state index contributed by atoms with van der Waals surface area (Å²) in [6.07, 6.45) is 0. The summed E-state index contributed by atoms with van der Waals surface area (Å²) < 4.78 is 23.5. The largest absolute Gasteiger partial charge is 0.496 e. The van der Waals surface area contributed by atoms with Crippen LogP contribution in [0.1, 0.15) is 10.5 Å². The van der Waals surface area contributed by atoms with Gasteiger partial charge < -0.3 is 14.6 Å². The molecule has 0 radical (unpaired) electrons. The zero-order chi connectivity index (χ0) is 13.3. The summed E-state index contributed by atoms with van der Waals surface area (Å²) in [5.41, 5.74) is -0.00559. The number of nitrogens with zero attached hydrogens (tertiary/aromatic N) is 1. The van der Waals surface area contributed by atoms with Crippen molar-refractivity contribution >= 4 is 16.9 Å². The van der Waals surface area contributed by atoms with Crippen molar-refractivity contribution in [2.75, 3.05) is 14.2 Å². The molecule has 6 heteroatoms. The highest BCUT2D eigenvalue weighted by Gasteiger charge is 2.14. The summed E-state index contributed by atoms with van der Waals surface area (Å²) in [6, 6.07) is 3.81. The number of aromatic carboxylic acids is 1. The van der Waals surface area contributed by atoms with Crippen molar-refractivity contribution in [1.82, 2.24) is 4.98 Å². The third-order valence-corrected chi connectivity index (χ3v) is 2.48. The van der Waals surface area contributed by atoms with E-state index < -0.39 is 11.8 Å². The molecule has 5 nitrogen and oxygen atoms in total. The zero-order valence-corrected chi connectivity index (χ0v) is 9.73. The Morgan fingerprint density at radius 1 is 1.22 bits per heavy atom. The average molecular weight is 251 g/mol. The van der Waals surface area contributed by atoms with Gasteiger partial charge in [0, 0.05) is 17.5 Å². The molecule has 0 saturated carbocycles. The number of hydrogen-bond acceptors (Lipinski definition) is 4. The van der Waals surface area contributed by atoms with Crippen molar-refractivity contribution in [2.24, 2.45) is 0 Å². The van der Waals surface area contributed by atoms with E-state index in [0.29, 0.717) is 11.1 Å². The molecule has 0 atom stereocenters. The van der Waals surface area contributed by atoms with Crippen molar-refractivity contribution in [3.05, 3.63) is 29.7 Å². The normalized spacial score (nSPS) is 10.4. The Hall–Kier alpha value is -2.37. The van der Waals surface area contributed by atoms with Crippen LogP contribution in [0, 0.1) is 5.82 Å². The number of halogens is 1. The molecule has 0 unspecified atom stereocenters. The highest BCUT2D eigenvalue weighted by atomic mass is 19.1. The lowest BCUT2D eigenvalue weighted by Crippen LogP contribution is -2.02. The summed E-state index contributed by atoms with van der Waals surface area (Å²) in [4.78, 5) is 14.7. The molecule has 18 heavy (non-hydrogen) atoms. The average Bonchev–Trinajstić information content (AvgIpc) is 2.36. The van der Waals surface area contributed by atoms with Crippen molar-refractivity contribution in [3.63, 3.8) is 0 Å². The van der Waals surface area contributed by atoms with Gasteiger partial charge in [0.2, 0.25) is 0 Å². The molecule has 1 N–H and O–H groups in total. The van der Waals surface area contributed by atoms with E-state index in [1.165, 1.54) is 26.4 Å². The van der Waals surface area contributed by atoms with Gasteiger partial charge in [-0.2, -0.15) is 0 Å². The molecule has 2 aromatic rings. The van der Waals surface area contributed by atoms with Gasteiger partial charge >= 0.3 is 5.97 Å². The third-order valence-electron chi connectivity index (χ3n) is 2.48. The molecule has 1 aromatic heterocycles. The van der Waals surface area contributed by atoms with Crippen LogP contribution >= 0.6 is 0 Å². The van der Waals surface area contributed by atoms with Crippen LogP contribution in [0.5, 0.6) is 11.5 Å². The van der Waals surface area contributed by atoms with Crippen molar-refractivity contribution in [1.29, 1.82) is 0 Å². The molecule has 1 aromatic carbocycles. The van der Waals surface area contributed by atoms with E-state index in [0.717, 1.165) is 6.07 Å². The summed E-state index contributed by atoms with van der Waals surface area (Å²) in [6.45, 7) is 0. The number of carboxylic acids is 1. The van der Waals surface area contributed by atoms with Crippen LogP contribution in [0.15, 0.2) is 18.2 Å². The van der Waals surface area contributed by atoms with E-state index >= 15 is 0 Å². The molecule has 0 bridgehead atoms. The first kappa shape index (κ1) is 12.1. The number of hydrogen-bond donors (Lipinski definition) is 1. The number of pyridine rings is 1. The topological polar surface area (TPSA) is 68.7 Å². The van der Waals surface area contributed by atoms with Crippen LogP contribution in [0.25, 0.3) is 10.9 Å². The molecule has 0 fully saturated rings. The van der Waals surface area contributed by atoms with Crippen LogP contribution in [0.3, 0.4) is 0 Å². The van der Waals surface area contributed by atoms with Gasteiger partial charge in [-0.3, -0.25) is 0 Å². The Labute approximate surface area is 102 Å². The summed E-state index contributed by atoms with van der Waals surface area (Å²) in [7, 11) is 2.74. The lowest BCUT2D eigenvalue weighted by molar-refractivity contribution is 0.0690. The molecule has 0 amide bonds. The minimum absolute atomic E-state index is 0.0469. The van der Waals surface area contributed by atoms with Gasteiger partial charge in [0.1, 0.15) is 5.75 Å². The van der Waals surface area contributed by atoms with E-state index in [1.807, 2.05) is 0 Å². The van der Waals surface area contributed by atoms with E-state index in [4.69, 9.17) is 14.6 Å². The van der Waals surface area contributed by atoms with Crippen LogP contribution in [-0.4, -0.2) is 30.3 Å². The first-order chi connectivity index (χ1) is 8.56. The summed E-state index contributed by atoms with van der Waals surface area (Å²) >= 11 is 0. The van der Waals surface area contributed by atoms with Gasteiger partial charge in [-0.1, -0.05) is 0 Å². The van der Waals surface area contributed by atoms with Crippen LogP contribution in [0.4, 0.5) is 4.39 Å². The highest BCUT2D eigenvalue weighted by molar-refractivity contribution is 5.93. The first-order valence-corrected chi connectivity index (χ1v) is 5.02. The molecular weight excluding hydrogens is 241 g/mol. The number of aromatic nitrogens is 1. The summed E-state index contributed by atoms with van der Waals surface area (Å²) in [5, 5.41) is 9.38. The van der Waals surface area contributed by atoms with E-state index in [-0.39, 0.29) is 17.0 Å². The van der Waals surface area contributed by atoms with Gasteiger partial charge in [-0.15, -0.1) is 0 Å². The molecule has 0 saturated heterocycles. The number of benzene rings is 1. The molecule has 94 valence electrons. The Morgan fingerprint density at radius 3 is 2.44 bits per heavy atom. The number of fused-ring (bicyclic) bond motifs is 1. The second-order valence-corrected chi connectivity index (χ2v) is 3.52. The molecule has 0 aliphatic carbocycles. The van der Waals surface area contributed by atoms with Gasteiger partial charge in [0.05, 0.1) is 19.7 Å². The quantitative estimate of drug-likeness (QED) is 0.904. The van der Waals surface area contributed by atoms with Crippen LogP contribution in [0.2, 0.25) is 0 Å². The Bertz CT molecular complexity index is 627. The lowest BCUT2D eigenvalue weighted by Gasteiger charge is -2.09. The smallest absolute Gasteiger partial charge is 0.354 e. The van der Waals surface area contributed by atoms with Gasteiger partial charge in [0.25, 0.3) is 0 Å². The molecule has 0 aliphatic heterocycles. The van der Waals surface area contributed by atoms with Gasteiger partial charge in [0.15, 0.2) is 17.3 Å². The number of carbonyl (C=O) groups is 1. The maximum atomic E-state index is 13.5. The highest BCUT2D eigenvalue weighted by Crippen LogP contribution is 2.30. The van der Waals surface area contributed by atoms with E-state index in [2.05, 4.69) is 4.98 Å². The predicted molar refractivity (Wildman–Crippen MR) is 61.8 cm³/mol. The van der Waals surface area contributed by atoms with Crippen LogP contribution < -0.4 is 9.47 Å². The fraction of sp³-hybridized carbons (Fsp3) is 0.167. The fourth-order valence-electron chi connectivity index (χ4n) is 1.63. The van der Waals surface area contributed by atoms with E-state index in [1.54, 1.807) is 0 Å². The van der Waals surface area contributed by atoms with Crippen molar-refractivity contribution in [3.8, 4) is 11.5 Å². The maximum Gasteiger partial charge on any atom is 0.354 e. The molecule has 2 rings (SSSR count). The number of carboxylic acid groups (broad SMARTS) is 1. The SMILES string of the molecule is COc1cc2c(OC)cc(C(=O)O)nc2cc1F. The Balaban J connectivity index is 2.79. The maximum absolute atomic E-state index is 13.5. The van der Waals surface area contributed by atoms with Gasteiger partial charge in [-0.25, -0.2) is 14.2 Å². The molecular formula is C12H10FNO4. The molecule has 0 spiro atoms. The first-order valence-electron chi connectivity index (χ1n) is 5.02. The second kappa shape index (κ2) is 4.48. The molecule has 1 heterocycles. The Morgan fingerprint density at radius 2 is 1.89 bits per heavy atom. The van der Waals surface area contributed by atoms with E-state index in [9.17, 15) is 9.18 Å². The fourth-order valence-corrected chi connectivity index (χ4v) is 1.63. The minimum atomic E-state index is -1.20. The van der Waals surface area contributed by atoms with Crippen molar-refractivity contribution < 1.29 is 23.8 Å². The second-order valence-electron chi connectivity index (χ2n) is 3.52. The Kier molecular flexibility index (Phi) is 3.01. The predicted octanol–water partition coefficient (Wildman–Crippen LogP) is 2.09. The monoisotopic (exact) mass is 251 g/mol. The molecule has 0 aliphatic rings. The minimum Gasteiger partial charge on any atom is -0.496 e. The van der Waals surface area contributed by atoms with Crippen LogP contribution in [-0.2, 0) is 0 Å². The van der Waals surface area contributed by atoms with Crippen molar-refractivity contribution in [2.45, 2.75) is 0 Å². The number of rotatable bonds is 3. The van der Waals surface area contributed by atoms with Gasteiger partial charge in [-0.05, 0) is 6.07 Å². The number of methoxy groups -OCH3 is 2. The third kappa shape index (κ3) is 1.92.